The molecule has 0 amide bonds. The minimum atomic E-state index is -3.99. The van der Waals surface area contributed by atoms with Crippen LogP contribution in [0.1, 0.15) is 0 Å². The van der Waals surface area contributed by atoms with E-state index in [4.69, 9.17) is 22.3 Å². The Morgan fingerprint density at radius 2 is 2.06 bits per heavy atom. The van der Waals surface area contributed by atoms with Gasteiger partial charge in [0.05, 0.1) is 10.5 Å². The Morgan fingerprint density at radius 3 is 2.59 bits per heavy atom. The third kappa shape index (κ3) is 2.51. The second kappa shape index (κ2) is 4.17. The molecule has 1 heterocycles. The fraction of sp³-hybridized carbons (Fsp3) is 0. The van der Waals surface area contributed by atoms with Gasteiger partial charge in [-0.2, -0.15) is 0 Å². The van der Waals surface area contributed by atoms with Crippen molar-refractivity contribution in [3.63, 3.8) is 0 Å². The van der Waals surface area contributed by atoms with Crippen molar-refractivity contribution in [3.8, 4) is 11.5 Å². The number of halogens is 2. The van der Waals surface area contributed by atoms with Gasteiger partial charge >= 0.3 is 5.76 Å². The molecule has 0 aliphatic heterocycles. The molecule has 0 saturated carbocycles. The molecule has 0 unspecified atom stereocenters. The smallest absolute Gasteiger partial charge is 0.388 e. The van der Waals surface area contributed by atoms with Gasteiger partial charge in [-0.15, -0.1) is 5.10 Å². The molecule has 0 aliphatic rings. The van der Waals surface area contributed by atoms with Gasteiger partial charge < -0.3 is 4.42 Å². The molecule has 0 spiro atoms. The van der Waals surface area contributed by atoms with Gasteiger partial charge in [-0.05, 0) is 18.2 Å². The molecular formula is C8H4Cl2N2O4S. The molecular weight excluding hydrogens is 291 g/mol. The number of H-pyrrole nitrogens is 1. The Hall–Kier alpha value is -1.31. The molecule has 1 N–H and O–H groups in total. The summed E-state index contributed by atoms with van der Waals surface area (Å²) in [6, 6.07) is 3.84. The topological polar surface area (TPSA) is 93.0 Å². The first-order valence-corrected chi connectivity index (χ1v) is 6.87. The van der Waals surface area contributed by atoms with Gasteiger partial charge in [-0.1, -0.05) is 11.6 Å². The zero-order chi connectivity index (χ0) is 12.6. The van der Waals surface area contributed by atoms with Crippen molar-refractivity contribution in [1.29, 1.82) is 0 Å². The van der Waals surface area contributed by atoms with Crippen molar-refractivity contribution in [1.82, 2.24) is 10.2 Å². The van der Waals surface area contributed by atoms with Gasteiger partial charge in [-0.3, -0.25) is 0 Å². The Morgan fingerprint density at radius 1 is 1.35 bits per heavy atom. The number of hydrogen-bond donors (Lipinski definition) is 1. The summed E-state index contributed by atoms with van der Waals surface area (Å²) < 4.78 is 27.3. The molecule has 9 heteroatoms. The van der Waals surface area contributed by atoms with Gasteiger partial charge in [0.15, 0.2) is 0 Å². The monoisotopic (exact) mass is 294 g/mol. The quantitative estimate of drug-likeness (QED) is 0.849. The largest absolute Gasteiger partial charge is 0.434 e. The number of benzene rings is 1. The summed E-state index contributed by atoms with van der Waals surface area (Å²) in [6.45, 7) is 0. The van der Waals surface area contributed by atoms with Crippen LogP contribution in [0.4, 0.5) is 0 Å². The van der Waals surface area contributed by atoms with Crippen LogP contribution in [0.15, 0.2) is 32.3 Å². The average Bonchev–Trinajstić information content (AvgIpc) is 2.62. The Bertz CT molecular complexity index is 719. The van der Waals surface area contributed by atoms with Crippen LogP contribution in [0.2, 0.25) is 5.02 Å². The van der Waals surface area contributed by atoms with E-state index in [2.05, 4.69) is 9.52 Å². The molecule has 0 saturated heterocycles. The van der Waals surface area contributed by atoms with Crippen molar-refractivity contribution < 1.29 is 12.8 Å². The van der Waals surface area contributed by atoms with Gasteiger partial charge in [0.2, 0.25) is 0 Å². The van der Waals surface area contributed by atoms with E-state index < -0.39 is 14.8 Å². The Kier molecular flexibility index (Phi) is 2.98. The summed E-state index contributed by atoms with van der Waals surface area (Å²) in [5, 5.41) is 5.79. The maximum atomic E-state index is 11.3. The first-order chi connectivity index (χ1) is 7.88. The van der Waals surface area contributed by atoms with Gasteiger partial charge in [0.1, 0.15) is 0 Å². The lowest BCUT2D eigenvalue weighted by Crippen LogP contribution is -1.95. The van der Waals surface area contributed by atoms with Crippen molar-refractivity contribution in [2.45, 2.75) is 4.90 Å². The van der Waals surface area contributed by atoms with E-state index in [1.807, 2.05) is 5.10 Å². The van der Waals surface area contributed by atoms with E-state index in [-0.39, 0.29) is 21.4 Å². The summed E-state index contributed by atoms with van der Waals surface area (Å²) in [7, 11) is 1.25. The molecule has 6 nitrogen and oxygen atoms in total. The van der Waals surface area contributed by atoms with Crippen LogP contribution < -0.4 is 5.76 Å². The molecule has 90 valence electrons. The first-order valence-electron chi connectivity index (χ1n) is 4.18. The third-order valence-corrected chi connectivity index (χ3v) is 3.49. The van der Waals surface area contributed by atoms with E-state index in [1.165, 1.54) is 18.2 Å². The van der Waals surface area contributed by atoms with Crippen LogP contribution in [0.25, 0.3) is 11.5 Å². The highest BCUT2D eigenvalue weighted by Crippen LogP contribution is 2.30. The normalized spacial score (nSPS) is 11.6. The molecule has 0 bridgehead atoms. The number of hydrogen-bond acceptors (Lipinski definition) is 5. The molecule has 17 heavy (non-hydrogen) atoms. The molecule has 0 aliphatic carbocycles. The van der Waals surface area contributed by atoms with Gasteiger partial charge in [0.25, 0.3) is 14.9 Å². The fourth-order valence-corrected chi connectivity index (χ4v) is 2.44. The lowest BCUT2D eigenvalue weighted by atomic mass is 10.2. The van der Waals surface area contributed by atoms with Crippen molar-refractivity contribution in [2.24, 2.45) is 0 Å². The van der Waals surface area contributed by atoms with Crippen LogP contribution in [0.3, 0.4) is 0 Å². The third-order valence-electron chi connectivity index (χ3n) is 1.87. The average molecular weight is 295 g/mol. The molecule has 0 atom stereocenters. The first kappa shape index (κ1) is 12.2. The van der Waals surface area contributed by atoms with Crippen molar-refractivity contribution in [2.75, 3.05) is 0 Å². The zero-order valence-corrected chi connectivity index (χ0v) is 10.3. The number of nitrogens with zero attached hydrogens (tertiary/aromatic N) is 1. The Balaban J connectivity index is 2.76. The van der Waals surface area contributed by atoms with Crippen LogP contribution in [0.5, 0.6) is 0 Å². The minimum absolute atomic E-state index is 0.0193. The highest BCUT2D eigenvalue weighted by molar-refractivity contribution is 8.13. The number of rotatable bonds is 2. The lowest BCUT2D eigenvalue weighted by molar-refractivity contribution is 0.525. The zero-order valence-electron chi connectivity index (χ0n) is 7.98. The molecule has 2 aromatic rings. The fourth-order valence-electron chi connectivity index (χ4n) is 1.23. The number of nitrogens with one attached hydrogen (secondary N) is 1. The van der Waals surface area contributed by atoms with E-state index in [0.29, 0.717) is 0 Å². The summed E-state index contributed by atoms with van der Waals surface area (Å²) in [6.07, 6.45) is 0. The van der Waals surface area contributed by atoms with Crippen LogP contribution >= 0.6 is 22.3 Å². The maximum absolute atomic E-state index is 11.3. The van der Waals surface area contributed by atoms with Crippen molar-refractivity contribution >= 4 is 31.3 Å². The summed E-state index contributed by atoms with van der Waals surface area (Å²) >= 11 is 5.73. The van der Waals surface area contributed by atoms with Gasteiger partial charge in [-0.25, -0.2) is 18.3 Å². The van der Waals surface area contributed by atoms with Gasteiger partial charge in [0, 0.05) is 15.7 Å². The van der Waals surface area contributed by atoms with E-state index in [1.54, 1.807) is 0 Å². The van der Waals surface area contributed by atoms with Crippen LogP contribution in [-0.2, 0) is 9.05 Å². The second-order valence-corrected chi connectivity index (χ2v) is 5.97. The number of aromatic nitrogens is 2. The summed E-state index contributed by atoms with van der Waals surface area (Å²) in [5.74, 6) is -1.00. The SMILES string of the molecule is O=c1[nH]nc(-c2cc(Cl)ccc2S(=O)(=O)Cl)o1. The second-order valence-electron chi connectivity index (χ2n) is 3.00. The standard InChI is InChI=1S/C8H4Cl2N2O4S/c9-4-1-2-6(17(10,14)15)5(3-4)7-11-12-8(13)16-7/h1-3H,(H,12,13). The van der Waals surface area contributed by atoms with E-state index in [0.717, 1.165) is 0 Å². The molecule has 1 aromatic heterocycles. The number of aromatic amines is 1. The lowest BCUT2D eigenvalue weighted by Gasteiger charge is -2.02. The summed E-state index contributed by atoms with van der Waals surface area (Å²) in [4.78, 5) is 10.6. The van der Waals surface area contributed by atoms with Crippen LogP contribution in [-0.4, -0.2) is 18.6 Å². The minimum Gasteiger partial charge on any atom is -0.388 e. The predicted octanol–water partition coefficient (Wildman–Crippen LogP) is 1.61. The predicted molar refractivity (Wildman–Crippen MR) is 60.6 cm³/mol. The highest BCUT2D eigenvalue weighted by atomic mass is 35.7. The van der Waals surface area contributed by atoms with E-state index in [9.17, 15) is 13.2 Å². The van der Waals surface area contributed by atoms with Crippen LogP contribution in [0, 0.1) is 0 Å². The molecule has 0 fully saturated rings. The van der Waals surface area contributed by atoms with E-state index >= 15 is 0 Å². The molecule has 1 aromatic carbocycles. The Labute approximate surface area is 105 Å². The summed E-state index contributed by atoms with van der Waals surface area (Å²) in [5.41, 5.74) is 0.0193. The molecule has 2 rings (SSSR count). The maximum Gasteiger partial charge on any atom is 0.434 e. The highest BCUT2D eigenvalue weighted by Gasteiger charge is 2.20. The van der Waals surface area contributed by atoms with Crippen molar-refractivity contribution in [3.05, 3.63) is 33.8 Å². The molecule has 0 radical (unpaired) electrons.